The third-order valence-electron chi connectivity index (χ3n) is 4.16. The highest BCUT2D eigenvalue weighted by molar-refractivity contribution is 5.93. The largest absolute Gasteiger partial charge is 0.506 e. The van der Waals surface area contributed by atoms with E-state index in [0.717, 1.165) is 18.4 Å². The molecule has 0 heterocycles. The summed E-state index contributed by atoms with van der Waals surface area (Å²) < 4.78 is 0. The summed E-state index contributed by atoms with van der Waals surface area (Å²) >= 11 is 0. The molecule has 1 aromatic rings. The first kappa shape index (κ1) is 15.8. The number of hydrogen-bond acceptors (Lipinski definition) is 3. The van der Waals surface area contributed by atoms with Crippen molar-refractivity contribution in [2.75, 3.05) is 5.32 Å². The first-order chi connectivity index (χ1) is 9.70. The van der Waals surface area contributed by atoms with Gasteiger partial charge in [-0.3, -0.25) is 4.79 Å². The third kappa shape index (κ3) is 3.97. The molecule has 1 saturated carbocycles. The quantitative estimate of drug-likeness (QED) is 0.748. The molecule has 1 aliphatic carbocycles. The number of amides is 1. The maximum absolute atomic E-state index is 12.1. The Morgan fingerprint density at radius 3 is 2.48 bits per heavy atom. The van der Waals surface area contributed by atoms with Crippen LogP contribution in [0.3, 0.4) is 0 Å². The standard InChI is InChI=1S/C17H25NO3/c1-16(2,3)12-6-7-14(19)13(10-12)18-15(20)11-17(21)8-4-5-9-17/h6-7,10,19,21H,4-5,8-9,11H2,1-3H3,(H,18,20). The number of aliphatic hydroxyl groups is 1. The molecule has 0 radical (unpaired) electrons. The summed E-state index contributed by atoms with van der Waals surface area (Å²) in [7, 11) is 0. The Hall–Kier alpha value is -1.55. The molecule has 4 heteroatoms. The van der Waals surface area contributed by atoms with Crippen molar-refractivity contribution in [2.45, 2.75) is 63.9 Å². The molecule has 1 amide bonds. The number of anilines is 1. The minimum Gasteiger partial charge on any atom is -0.506 e. The lowest BCUT2D eigenvalue weighted by molar-refractivity contribution is -0.120. The molecule has 0 atom stereocenters. The van der Waals surface area contributed by atoms with E-state index in [-0.39, 0.29) is 23.5 Å². The van der Waals surface area contributed by atoms with Crippen LogP contribution in [0.2, 0.25) is 0 Å². The van der Waals surface area contributed by atoms with Gasteiger partial charge in [-0.25, -0.2) is 0 Å². The number of rotatable bonds is 3. The number of benzene rings is 1. The van der Waals surface area contributed by atoms with Crippen LogP contribution in [0.5, 0.6) is 5.75 Å². The minimum atomic E-state index is -0.874. The van der Waals surface area contributed by atoms with Crippen LogP contribution in [-0.2, 0) is 10.2 Å². The van der Waals surface area contributed by atoms with Gasteiger partial charge in [0.15, 0.2) is 0 Å². The molecule has 0 aliphatic heterocycles. The highest BCUT2D eigenvalue weighted by Crippen LogP contribution is 2.34. The number of nitrogens with one attached hydrogen (secondary N) is 1. The lowest BCUT2D eigenvalue weighted by Crippen LogP contribution is -2.30. The van der Waals surface area contributed by atoms with Crippen molar-refractivity contribution in [1.82, 2.24) is 0 Å². The molecule has 1 aliphatic rings. The van der Waals surface area contributed by atoms with E-state index in [0.29, 0.717) is 18.5 Å². The van der Waals surface area contributed by atoms with Gasteiger partial charge in [0.05, 0.1) is 17.7 Å². The molecular formula is C17H25NO3. The van der Waals surface area contributed by atoms with Crippen LogP contribution in [0, 0.1) is 0 Å². The zero-order chi connectivity index (χ0) is 15.7. The number of phenolic OH excluding ortho intramolecular Hbond substituents is 1. The van der Waals surface area contributed by atoms with Crippen LogP contribution in [0.4, 0.5) is 5.69 Å². The van der Waals surface area contributed by atoms with Crippen LogP contribution in [-0.4, -0.2) is 21.7 Å². The smallest absolute Gasteiger partial charge is 0.227 e. The van der Waals surface area contributed by atoms with E-state index in [1.165, 1.54) is 0 Å². The van der Waals surface area contributed by atoms with E-state index in [4.69, 9.17) is 0 Å². The zero-order valence-corrected chi connectivity index (χ0v) is 13.1. The van der Waals surface area contributed by atoms with E-state index in [1.54, 1.807) is 12.1 Å². The fourth-order valence-corrected chi connectivity index (χ4v) is 2.81. The van der Waals surface area contributed by atoms with Crippen LogP contribution in [0.25, 0.3) is 0 Å². The number of hydrogen-bond donors (Lipinski definition) is 3. The SMILES string of the molecule is CC(C)(C)c1ccc(O)c(NC(=O)CC2(O)CCCC2)c1. The molecule has 1 aromatic carbocycles. The Bertz CT molecular complexity index is 525. The number of aromatic hydroxyl groups is 1. The fourth-order valence-electron chi connectivity index (χ4n) is 2.81. The first-order valence-corrected chi connectivity index (χ1v) is 7.55. The average molecular weight is 291 g/mol. The first-order valence-electron chi connectivity index (χ1n) is 7.55. The predicted octanol–water partition coefficient (Wildman–Crippen LogP) is 3.32. The molecule has 1 fully saturated rings. The van der Waals surface area contributed by atoms with Crippen LogP contribution in [0.1, 0.15) is 58.4 Å². The van der Waals surface area contributed by atoms with Crippen molar-refractivity contribution in [3.05, 3.63) is 23.8 Å². The predicted molar refractivity (Wildman–Crippen MR) is 83.5 cm³/mol. The Morgan fingerprint density at radius 2 is 1.90 bits per heavy atom. The van der Waals surface area contributed by atoms with Gasteiger partial charge in [0.2, 0.25) is 5.91 Å². The molecule has 2 rings (SSSR count). The van der Waals surface area contributed by atoms with E-state index in [2.05, 4.69) is 26.1 Å². The fraction of sp³-hybridized carbons (Fsp3) is 0.588. The molecule has 0 aromatic heterocycles. The second kappa shape index (κ2) is 5.68. The van der Waals surface area contributed by atoms with Crippen molar-refractivity contribution in [2.24, 2.45) is 0 Å². The second-order valence-electron chi connectivity index (χ2n) is 7.14. The number of carbonyl (C=O) groups excluding carboxylic acids is 1. The van der Waals surface area contributed by atoms with Crippen molar-refractivity contribution < 1.29 is 15.0 Å². The van der Waals surface area contributed by atoms with E-state index in [9.17, 15) is 15.0 Å². The number of phenols is 1. The molecule has 4 nitrogen and oxygen atoms in total. The van der Waals surface area contributed by atoms with Gasteiger partial charge in [0.1, 0.15) is 5.75 Å². The van der Waals surface area contributed by atoms with Crippen molar-refractivity contribution in [3.63, 3.8) is 0 Å². The topological polar surface area (TPSA) is 69.6 Å². The normalized spacial score (nSPS) is 17.7. The number of carbonyl (C=O) groups is 1. The van der Waals surface area contributed by atoms with Crippen molar-refractivity contribution in [1.29, 1.82) is 0 Å². The van der Waals surface area contributed by atoms with Crippen LogP contribution < -0.4 is 5.32 Å². The average Bonchev–Trinajstić information content (AvgIpc) is 2.77. The summed E-state index contributed by atoms with van der Waals surface area (Å²) in [6.45, 7) is 6.23. The van der Waals surface area contributed by atoms with Crippen molar-refractivity contribution in [3.8, 4) is 5.75 Å². The molecule has 0 spiro atoms. The summed E-state index contributed by atoms with van der Waals surface area (Å²) in [5.41, 5.74) is 0.516. The Balaban J connectivity index is 2.10. The van der Waals surface area contributed by atoms with Crippen LogP contribution in [0.15, 0.2) is 18.2 Å². The molecular weight excluding hydrogens is 266 g/mol. The summed E-state index contributed by atoms with van der Waals surface area (Å²) in [6, 6.07) is 5.25. The third-order valence-corrected chi connectivity index (χ3v) is 4.16. The van der Waals surface area contributed by atoms with E-state index < -0.39 is 5.60 Å². The van der Waals surface area contributed by atoms with E-state index >= 15 is 0 Å². The van der Waals surface area contributed by atoms with Gasteiger partial charge in [-0.15, -0.1) is 0 Å². The highest BCUT2D eigenvalue weighted by atomic mass is 16.3. The molecule has 0 saturated heterocycles. The lowest BCUT2D eigenvalue weighted by atomic mass is 9.87. The lowest BCUT2D eigenvalue weighted by Gasteiger charge is -2.23. The summed E-state index contributed by atoms with van der Waals surface area (Å²) in [5.74, 6) is -0.199. The molecule has 21 heavy (non-hydrogen) atoms. The maximum Gasteiger partial charge on any atom is 0.227 e. The maximum atomic E-state index is 12.1. The summed E-state index contributed by atoms with van der Waals surface area (Å²) in [6.07, 6.45) is 3.37. The van der Waals surface area contributed by atoms with Gasteiger partial charge in [-0.2, -0.15) is 0 Å². The van der Waals surface area contributed by atoms with Gasteiger partial charge in [0.25, 0.3) is 0 Å². The highest BCUT2D eigenvalue weighted by Gasteiger charge is 2.33. The zero-order valence-electron chi connectivity index (χ0n) is 13.1. The van der Waals surface area contributed by atoms with Gasteiger partial charge in [-0.05, 0) is 36.0 Å². The molecule has 3 N–H and O–H groups in total. The van der Waals surface area contributed by atoms with Gasteiger partial charge in [0, 0.05) is 0 Å². The monoisotopic (exact) mass is 291 g/mol. The van der Waals surface area contributed by atoms with Crippen LogP contribution >= 0.6 is 0 Å². The summed E-state index contributed by atoms with van der Waals surface area (Å²) in [4.78, 5) is 12.1. The van der Waals surface area contributed by atoms with Crippen molar-refractivity contribution >= 4 is 11.6 Å². The second-order valence-corrected chi connectivity index (χ2v) is 7.14. The Kier molecular flexibility index (Phi) is 4.28. The minimum absolute atomic E-state index is 0.0507. The Labute approximate surface area is 126 Å². The molecule has 116 valence electrons. The molecule has 0 unspecified atom stereocenters. The van der Waals surface area contributed by atoms with Gasteiger partial charge in [-0.1, -0.05) is 39.7 Å². The summed E-state index contributed by atoms with van der Waals surface area (Å²) in [5, 5.41) is 22.9. The molecule has 0 bridgehead atoms. The Morgan fingerprint density at radius 1 is 1.29 bits per heavy atom. The van der Waals surface area contributed by atoms with Gasteiger partial charge >= 0.3 is 0 Å². The van der Waals surface area contributed by atoms with Gasteiger partial charge < -0.3 is 15.5 Å². The van der Waals surface area contributed by atoms with E-state index in [1.807, 2.05) is 6.07 Å².